The fraction of sp³-hybridized carbons (Fsp3) is 0.833. The van der Waals surface area contributed by atoms with Crippen LogP contribution in [0.4, 0.5) is 0 Å². The van der Waals surface area contributed by atoms with Crippen molar-refractivity contribution in [2.75, 3.05) is 19.6 Å². The van der Waals surface area contributed by atoms with Crippen LogP contribution in [0.15, 0.2) is 0 Å². The molecule has 0 heterocycles. The molecular weight excluding hydrogens is 218 g/mol. The van der Waals surface area contributed by atoms with Crippen LogP contribution < -0.4 is 11.1 Å². The zero-order valence-electron chi connectivity index (χ0n) is 10.7. The Kier molecular flexibility index (Phi) is 5.41. The predicted octanol–water partition coefficient (Wildman–Crippen LogP) is 0.0984. The molecule has 0 saturated heterocycles. The molecule has 1 rings (SSSR count). The number of likely N-dealkylation sites (N-methyl/N-ethyl adjacent to an activating group) is 1. The number of carbonyl (C=O) groups excluding carboxylic acids is 2. The standard InChI is InChI=1S/C12H23N3O2/c1-3-15(4-2)11(16)8-14-12(17)9-6-5-7-10(9)13/h9-10H,3-8,13H2,1-2H3,(H,14,17). The van der Waals surface area contributed by atoms with E-state index < -0.39 is 0 Å². The summed E-state index contributed by atoms with van der Waals surface area (Å²) in [5.41, 5.74) is 5.84. The normalized spacial score (nSPS) is 23.5. The van der Waals surface area contributed by atoms with Crippen molar-refractivity contribution in [3.63, 3.8) is 0 Å². The highest BCUT2D eigenvalue weighted by Crippen LogP contribution is 2.23. The van der Waals surface area contributed by atoms with E-state index in [1.54, 1.807) is 4.90 Å². The molecule has 3 N–H and O–H groups in total. The van der Waals surface area contributed by atoms with Gasteiger partial charge in [-0.05, 0) is 26.7 Å². The predicted molar refractivity (Wildman–Crippen MR) is 66.3 cm³/mol. The summed E-state index contributed by atoms with van der Waals surface area (Å²) in [4.78, 5) is 25.2. The minimum Gasteiger partial charge on any atom is -0.347 e. The van der Waals surface area contributed by atoms with Gasteiger partial charge in [0.1, 0.15) is 0 Å². The van der Waals surface area contributed by atoms with Gasteiger partial charge in [0.2, 0.25) is 11.8 Å². The van der Waals surface area contributed by atoms with E-state index >= 15 is 0 Å². The van der Waals surface area contributed by atoms with Crippen LogP contribution in [0.3, 0.4) is 0 Å². The van der Waals surface area contributed by atoms with Crippen molar-refractivity contribution >= 4 is 11.8 Å². The first-order chi connectivity index (χ1) is 8.10. The Labute approximate surface area is 103 Å². The largest absolute Gasteiger partial charge is 0.347 e. The zero-order valence-corrected chi connectivity index (χ0v) is 10.7. The number of hydrogen-bond acceptors (Lipinski definition) is 3. The summed E-state index contributed by atoms with van der Waals surface area (Å²) >= 11 is 0. The fourth-order valence-corrected chi connectivity index (χ4v) is 2.30. The van der Waals surface area contributed by atoms with E-state index in [2.05, 4.69) is 5.32 Å². The number of rotatable bonds is 5. The van der Waals surface area contributed by atoms with Crippen LogP contribution in [-0.2, 0) is 9.59 Å². The number of nitrogens with two attached hydrogens (primary N) is 1. The minimum absolute atomic E-state index is 0.0325. The van der Waals surface area contributed by atoms with Crippen LogP contribution in [0.25, 0.3) is 0 Å². The monoisotopic (exact) mass is 241 g/mol. The maximum Gasteiger partial charge on any atom is 0.241 e. The Hall–Kier alpha value is -1.10. The molecule has 2 amide bonds. The van der Waals surface area contributed by atoms with Gasteiger partial charge in [-0.2, -0.15) is 0 Å². The quantitative estimate of drug-likeness (QED) is 0.716. The average Bonchev–Trinajstić information content (AvgIpc) is 2.74. The van der Waals surface area contributed by atoms with Crippen molar-refractivity contribution in [1.29, 1.82) is 0 Å². The van der Waals surface area contributed by atoms with E-state index in [-0.39, 0.29) is 30.3 Å². The molecule has 1 fully saturated rings. The number of nitrogens with zero attached hydrogens (tertiary/aromatic N) is 1. The van der Waals surface area contributed by atoms with E-state index in [4.69, 9.17) is 5.73 Å². The second-order valence-corrected chi connectivity index (χ2v) is 4.49. The zero-order chi connectivity index (χ0) is 12.8. The average molecular weight is 241 g/mol. The Balaban J connectivity index is 2.35. The van der Waals surface area contributed by atoms with Gasteiger partial charge < -0.3 is 16.0 Å². The van der Waals surface area contributed by atoms with E-state index in [1.165, 1.54) is 0 Å². The molecule has 0 spiro atoms. The third kappa shape index (κ3) is 3.70. The van der Waals surface area contributed by atoms with Crippen LogP contribution in [0.2, 0.25) is 0 Å². The van der Waals surface area contributed by atoms with Gasteiger partial charge in [0.05, 0.1) is 12.5 Å². The lowest BCUT2D eigenvalue weighted by atomic mass is 10.0. The topological polar surface area (TPSA) is 75.4 Å². The summed E-state index contributed by atoms with van der Waals surface area (Å²) in [5.74, 6) is -0.218. The van der Waals surface area contributed by atoms with Crippen LogP contribution in [0.1, 0.15) is 33.1 Å². The summed E-state index contributed by atoms with van der Waals surface area (Å²) in [5, 5.41) is 2.69. The van der Waals surface area contributed by atoms with Crippen molar-refractivity contribution in [3.05, 3.63) is 0 Å². The molecule has 0 radical (unpaired) electrons. The Morgan fingerprint density at radius 1 is 1.29 bits per heavy atom. The Bertz CT molecular complexity index is 277. The van der Waals surface area contributed by atoms with Gasteiger partial charge in [0, 0.05) is 19.1 Å². The first-order valence-electron chi connectivity index (χ1n) is 6.41. The van der Waals surface area contributed by atoms with E-state index in [9.17, 15) is 9.59 Å². The van der Waals surface area contributed by atoms with Gasteiger partial charge in [0.15, 0.2) is 0 Å². The van der Waals surface area contributed by atoms with Gasteiger partial charge in [0.25, 0.3) is 0 Å². The summed E-state index contributed by atoms with van der Waals surface area (Å²) in [7, 11) is 0. The Morgan fingerprint density at radius 2 is 1.94 bits per heavy atom. The molecule has 0 aromatic carbocycles. The summed E-state index contributed by atoms with van der Waals surface area (Å²) < 4.78 is 0. The van der Waals surface area contributed by atoms with Gasteiger partial charge >= 0.3 is 0 Å². The van der Waals surface area contributed by atoms with Crippen LogP contribution in [0.5, 0.6) is 0 Å². The van der Waals surface area contributed by atoms with E-state index in [0.717, 1.165) is 19.3 Å². The second-order valence-electron chi connectivity index (χ2n) is 4.49. The van der Waals surface area contributed by atoms with Gasteiger partial charge in [-0.3, -0.25) is 9.59 Å². The van der Waals surface area contributed by atoms with Crippen molar-refractivity contribution < 1.29 is 9.59 Å². The number of amides is 2. The van der Waals surface area contributed by atoms with Gasteiger partial charge in [-0.25, -0.2) is 0 Å². The lowest BCUT2D eigenvalue weighted by Crippen LogP contribution is -2.44. The molecule has 5 nitrogen and oxygen atoms in total. The number of carbonyl (C=O) groups is 2. The molecule has 1 aliphatic rings. The molecule has 5 heteroatoms. The van der Waals surface area contributed by atoms with Gasteiger partial charge in [-0.15, -0.1) is 0 Å². The summed E-state index contributed by atoms with van der Waals surface area (Å²) in [6, 6.07) is -0.0430. The smallest absolute Gasteiger partial charge is 0.241 e. The maximum atomic E-state index is 11.8. The molecule has 0 aliphatic heterocycles. The van der Waals surface area contributed by atoms with E-state index in [0.29, 0.717) is 13.1 Å². The first-order valence-corrected chi connectivity index (χ1v) is 6.41. The maximum absolute atomic E-state index is 11.8. The lowest BCUT2D eigenvalue weighted by Gasteiger charge is -2.20. The third-order valence-corrected chi connectivity index (χ3v) is 3.44. The molecule has 2 unspecified atom stereocenters. The van der Waals surface area contributed by atoms with Crippen LogP contribution >= 0.6 is 0 Å². The number of nitrogens with one attached hydrogen (secondary N) is 1. The van der Waals surface area contributed by atoms with Crippen molar-refractivity contribution in [2.45, 2.75) is 39.2 Å². The molecule has 0 bridgehead atoms. The third-order valence-electron chi connectivity index (χ3n) is 3.44. The van der Waals surface area contributed by atoms with E-state index in [1.807, 2.05) is 13.8 Å². The molecule has 2 atom stereocenters. The summed E-state index contributed by atoms with van der Waals surface area (Å²) in [6.07, 6.45) is 2.75. The van der Waals surface area contributed by atoms with Crippen LogP contribution in [-0.4, -0.2) is 42.4 Å². The molecule has 98 valence electrons. The Morgan fingerprint density at radius 3 is 2.41 bits per heavy atom. The molecule has 1 saturated carbocycles. The SMILES string of the molecule is CCN(CC)C(=O)CNC(=O)C1CCCC1N. The molecule has 0 aromatic heterocycles. The highest BCUT2D eigenvalue weighted by Gasteiger charge is 2.30. The molecule has 0 aromatic rings. The van der Waals surface area contributed by atoms with Crippen molar-refractivity contribution in [2.24, 2.45) is 11.7 Å². The second kappa shape index (κ2) is 6.59. The minimum atomic E-state index is -0.112. The fourth-order valence-electron chi connectivity index (χ4n) is 2.30. The highest BCUT2D eigenvalue weighted by molar-refractivity contribution is 5.86. The molecule has 17 heavy (non-hydrogen) atoms. The van der Waals surface area contributed by atoms with Crippen LogP contribution in [0, 0.1) is 5.92 Å². The molecular formula is C12H23N3O2. The molecule has 1 aliphatic carbocycles. The van der Waals surface area contributed by atoms with Crippen molar-refractivity contribution in [1.82, 2.24) is 10.2 Å². The highest BCUT2D eigenvalue weighted by atomic mass is 16.2. The van der Waals surface area contributed by atoms with Gasteiger partial charge in [-0.1, -0.05) is 6.42 Å². The first kappa shape index (κ1) is 14.0. The lowest BCUT2D eigenvalue weighted by molar-refractivity contribution is -0.133. The van der Waals surface area contributed by atoms with Crippen molar-refractivity contribution in [3.8, 4) is 0 Å². The number of hydrogen-bond donors (Lipinski definition) is 2. The summed E-state index contributed by atoms with van der Waals surface area (Å²) in [6.45, 7) is 5.29.